The van der Waals surface area contributed by atoms with Gasteiger partial charge in [-0.3, -0.25) is 4.57 Å². The molecule has 0 fully saturated rings. The van der Waals surface area contributed by atoms with Crippen LogP contribution < -0.4 is 0 Å². The first kappa shape index (κ1) is 32.4. The fourth-order valence-electron chi connectivity index (χ4n) is 8.92. The standard InChI is InChI=1S/C53H33N5/c1-4-16-34(17-5-1)51-54-52(35-18-6-2-7-19-35)56-53(55-51)58-48-27-15-13-25-42(48)46-32-37-31-43(39-22-10-11-23-40(39)44(37)33-50(46)58)36-28-29-49-45(30-36)41-24-12-14-26-47(41)57(49)38-20-8-3-9-21-38/h1-33H. The van der Waals surface area contributed by atoms with Crippen LogP contribution in [-0.4, -0.2) is 24.1 Å². The van der Waals surface area contributed by atoms with E-state index in [-0.39, 0.29) is 0 Å². The molecule has 58 heavy (non-hydrogen) atoms. The molecule has 0 atom stereocenters. The summed E-state index contributed by atoms with van der Waals surface area (Å²) in [6.45, 7) is 0. The molecule has 12 rings (SSSR count). The lowest BCUT2D eigenvalue weighted by molar-refractivity contribution is 0.954. The fourth-order valence-corrected chi connectivity index (χ4v) is 8.92. The fraction of sp³-hybridized carbons (Fsp3) is 0. The van der Waals surface area contributed by atoms with Crippen LogP contribution in [0.4, 0.5) is 0 Å². The van der Waals surface area contributed by atoms with Crippen LogP contribution in [-0.2, 0) is 0 Å². The van der Waals surface area contributed by atoms with Gasteiger partial charge in [-0.25, -0.2) is 4.98 Å². The van der Waals surface area contributed by atoms with Gasteiger partial charge in [0.05, 0.1) is 22.1 Å². The van der Waals surface area contributed by atoms with Crippen molar-refractivity contribution in [2.75, 3.05) is 0 Å². The largest absolute Gasteiger partial charge is 0.309 e. The van der Waals surface area contributed by atoms with Crippen LogP contribution in [0.15, 0.2) is 200 Å². The third-order valence-electron chi connectivity index (χ3n) is 11.5. The van der Waals surface area contributed by atoms with Gasteiger partial charge in [0, 0.05) is 38.4 Å². The Hall–Kier alpha value is -7.89. The molecule has 0 aliphatic heterocycles. The molecule has 0 spiro atoms. The Morgan fingerprint density at radius 1 is 0.293 bits per heavy atom. The molecular weight excluding hydrogens is 707 g/mol. The lowest BCUT2D eigenvalue weighted by Crippen LogP contribution is -2.06. The highest BCUT2D eigenvalue weighted by Gasteiger charge is 2.20. The van der Waals surface area contributed by atoms with E-state index in [9.17, 15) is 0 Å². The Bertz CT molecular complexity index is 3490. The highest BCUT2D eigenvalue weighted by Crippen LogP contribution is 2.42. The average Bonchev–Trinajstić information content (AvgIpc) is 3.81. The van der Waals surface area contributed by atoms with E-state index in [0.29, 0.717) is 17.6 Å². The number of hydrogen-bond donors (Lipinski definition) is 0. The molecule has 0 N–H and O–H groups in total. The molecule has 270 valence electrons. The average molecular weight is 740 g/mol. The van der Waals surface area contributed by atoms with Crippen molar-refractivity contribution in [3.8, 4) is 45.5 Å². The van der Waals surface area contributed by atoms with Gasteiger partial charge in [0.1, 0.15) is 0 Å². The minimum absolute atomic E-state index is 0.585. The molecule has 3 heterocycles. The van der Waals surface area contributed by atoms with E-state index in [1.165, 1.54) is 54.5 Å². The molecule has 0 saturated carbocycles. The smallest absolute Gasteiger partial charge is 0.238 e. The summed E-state index contributed by atoms with van der Waals surface area (Å²) >= 11 is 0. The number of fused-ring (bicyclic) bond motifs is 9. The summed E-state index contributed by atoms with van der Waals surface area (Å²) in [5.41, 5.74) is 9.93. The first-order valence-corrected chi connectivity index (χ1v) is 19.6. The van der Waals surface area contributed by atoms with Gasteiger partial charge in [-0.1, -0.05) is 146 Å². The highest BCUT2D eigenvalue weighted by molar-refractivity contribution is 6.21. The maximum absolute atomic E-state index is 5.17. The SMILES string of the molecule is c1ccc(-c2nc(-c3ccccc3)nc(-n3c4ccccc4c4cc5cc(-c6ccc7c(c6)c6ccccc6n7-c6ccccc6)c6ccccc6c5cc43)n2)cc1. The number of hydrogen-bond acceptors (Lipinski definition) is 3. The van der Waals surface area contributed by atoms with Crippen LogP contribution in [0.25, 0.3) is 111 Å². The molecular formula is C53H33N5. The van der Waals surface area contributed by atoms with E-state index in [0.717, 1.165) is 38.6 Å². The molecule has 0 amide bonds. The van der Waals surface area contributed by atoms with Crippen LogP contribution in [0.2, 0.25) is 0 Å². The van der Waals surface area contributed by atoms with E-state index in [4.69, 9.17) is 15.0 Å². The Morgan fingerprint density at radius 2 is 0.810 bits per heavy atom. The second kappa shape index (κ2) is 12.8. The van der Waals surface area contributed by atoms with Crippen molar-refractivity contribution >= 4 is 65.2 Å². The predicted molar refractivity (Wildman–Crippen MR) is 240 cm³/mol. The van der Waals surface area contributed by atoms with E-state index in [2.05, 4.69) is 173 Å². The minimum Gasteiger partial charge on any atom is -0.309 e. The summed E-state index contributed by atoms with van der Waals surface area (Å²) in [6, 6.07) is 71.1. The second-order valence-electron chi connectivity index (χ2n) is 14.8. The third-order valence-corrected chi connectivity index (χ3v) is 11.5. The lowest BCUT2D eigenvalue weighted by Gasteiger charge is -2.14. The van der Waals surface area contributed by atoms with Crippen molar-refractivity contribution in [2.45, 2.75) is 0 Å². The van der Waals surface area contributed by atoms with Crippen LogP contribution in [0.3, 0.4) is 0 Å². The van der Waals surface area contributed by atoms with Crippen molar-refractivity contribution in [1.29, 1.82) is 0 Å². The first-order valence-electron chi connectivity index (χ1n) is 19.6. The Labute approximate surface area is 333 Å². The van der Waals surface area contributed by atoms with E-state index >= 15 is 0 Å². The van der Waals surface area contributed by atoms with Crippen molar-refractivity contribution in [1.82, 2.24) is 24.1 Å². The quantitative estimate of drug-likeness (QED) is 0.165. The van der Waals surface area contributed by atoms with Gasteiger partial charge in [-0.05, 0) is 87.3 Å². The first-order chi connectivity index (χ1) is 28.8. The molecule has 0 radical (unpaired) electrons. The summed E-state index contributed by atoms with van der Waals surface area (Å²) in [5, 5.41) is 9.54. The van der Waals surface area contributed by atoms with Gasteiger partial charge < -0.3 is 4.57 Å². The number of para-hydroxylation sites is 3. The molecule has 0 bridgehead atoms. The third kappa shape index (κ3) is 5.00. The van der Waals surface area contributed by atoms with Gasteiger partial charge in [-0.15, -0.1) is 0 Å². The second-order valence-corrected chi connectivity index (χ2v) is 14.8. The normalized spacial score (nSPS) is 11.8. The number of benzene rings is 9. The van der Waals surface area contributed by atoms with Crippen molar-refractivity contribution in [2.24, 2.45) is 0 Å². The van der Waals surface area contributed by atoms with E-state index in [1.807, 2.05) is 36.4 Å². The summed E-state index contributed by atoms with van der Waals surface area (Å²) < 4.78 is 4.58. The topological polar surface area (TPSA) is 48.5 Å². The predicted octanol–water partition coefficient (Wildman–Crippen LogP) is 13.4. The lowest BCUT2D eigenvalue weighted by atomic mass is 9.92. The van der Waals surface area contributed by atoms with Crippen molar-refractivity contribution < 1.29 is 0 Å². The maximum atomic E-state index is 5.17. The molecule has 0 aliphatic carbocycles. The van der Waals surface area contributed by atoms with Gasteiger partial charge >= 0.3 is 0 Å². The van der Waals surface area contributed by atoms with Gasteiger partial charge in [-0.2, -0.15) is 9.97 Å². The van der Waals surface area contributed by atoms with Crippen LogP contribution in [0.1, 0.15) is 0 Å². The molecule has 9 aromatic carbocycles. The van der Waals surface area contributed by atoms with Gasteiger partial charge in [0.25, 0.3) is 0 Å². The Kier molecular flexibility index (Phi) is 7.16. The monoisotopic (exact) mass is 739 g/mol. The molecule has 0 saturated heterocycles. The number of rotatable bonds is 5. The zero-order valence-electron chi connectivity index (χ0n) is 31.3. The summed E-state index contributed by atoms with van der Waals surface area (Å²) in [5.74, 6) is 1.85. The van der Waals surface area contributed by atoms with Crippen molar-refractivity contribution in [3.05, 3.63) is 200 Å². The zero-order valence-corrected chi connectivity index (χ0v) is 31.3. The maximum Gasteiger partial charge on any atom is 0.238 e. The summed E-state index contributed by atoms with van der Waals surface area (Å²) in [7, 11) is 0. The van der Waals surface area contributed by atoms with E-state index in [1.54, 1.807) is 0 Å². The summed E-state index contributed by atoms with van der Waals surface area (Å²) in [6.07, 6.45) is 0. The highest BCUT2D eigenvalue weighted by atomic mass is 15.2. The Balaban J connectivity index is 1.11. The minimum atomic E-state index is 0.585. The van der Waals surface area contributed by atoms with Gasteiger partial charge in [0.15, 0.2) is 11.6 Å². The molecule has 0 unspecified atom stereocenters. The van der Waals surface area contributed by atoms with Gasteiger partial charge in [0.2, 0.25) is 5.95 Å². The zero-order chi connectivity index (χ0) is 38.2. The van der Waals surface area contributed by atoms with Crippen molar-refractivity contribution in [3.63, 3.8) is 0 Å². The number of aromatic nitrogens is 5. The Morgan fingerprint density at radius 3 is 1.47 bits per heavy atom. The molecule has 5 heteroatoms. The summed E-state index contributed by atoms with van der Waals surface area (Å²) in [4.78, 5) is 15.3. The molecule has 3 aromatic heterocycles. The van der Waals surface area contributed by atoms with E-state index < -0.39 is 0 Å². The van der Waals surface area contributed by atoms with Crippen LogP contribution in [0, 0.1) is 0 Å². The van der Waals surface area contributed by atoms with Crippen LogP contribution in [0.5, 0.6) is 0 Å². The molecule has 12 aromatic rings. The molecule has 0 aliphatic rings. The van der Waals surface area contributed by atoms with Crippen LogP contribution >= 0.6 is 0 Å². The molecule has 5 nitrogen and oxygen atoms in total. The number of nitrogens with zero attached hydrogens (tertiary/aromatic N) is 5.